The number of esters is 1. The molecule has 5 nitrogen and oxygen atoms in total. The normalized spacial score (nSPS) is 12.6. The molecule has 2 atom stereocenters. The van der Waals surface area contributed by atoms with Gasteiger partial charge in [-0.15, -0.1) is 0 Å². The molecule has 3 rings (SSSR count). The molecular weight excluding hydrogens is 472 g/mol. The van der Waals surface area contributed by atoms with Crippen molar-refractivity contribution in [3.63, 3.8) is 0 Å². The fourth-order valence-electron chi connectivity index (χ4n) is 4.32. The van der Waals surface area contributed by atoms with Crippen LogP contribution in [0.1, 0.15) is 101 Å². The number of carbonyl (C=O) groups excluding carboxylic acids is 1. The number of rotatable bonds is 16. The predicted molar refractivity (Wildman–Crippen MR) is 155 cm³/mol. The number of carbonyl (C=O) groups is 1. The van der Waals surface area contributed by atoms with Crippen molar-refractivity contribution in [1.82, 2.24) is 9.97 Å². The van der Waals surface area contributed by atoms with Gasteiger partial charge in [0.15, 0.2) is 5.82 Å². The molecule has 0 radical (unpaired) electrons. The summed E-state index contributed by atoms with van der Waals surface area (Å²) in [6.45, 7) is 8.87. The third-order valence-electron chi connectivity index (χ3n) is 7.03. The number of aryl methyl sites for hydroxylation is 1. The van der Waals surface area contributed by atoms with Crippen molar-refractivity contribution in [1.29, 1.82) is 0 Å². The molecule has 1 aromatic heterocycles. The summed E-state index contributed by atoms with van der Waals surface area (Å²) in [5.41, 5.74) is 2.54. The molecule has 0 fully saturated rings. The van der Waals surface area contributed by atoms with Gasteiger partial charge in [-0.1, -0.05) is 59.3 Å². The molecule has 2 unspecified atom stereocenters. The number of hydrogen-bond donors (Lipinski definition) is 0. The summed E-state index contributed by atoms with van der Waals surface area (Å²) in [7, 11) is 0. The number of benzene rings is 2. The van der Waals surface area contributed by atoms with Gasteiger partial charge in [-0.2, -0.15) is 0 Å². The number of aromatic nitrogens is 2. The van der Waals surface area contributed by atoms with E-state index in [-0.39, 0.29) is 6.10 Å². The van der Waals surface area contributed by atoms with Crippen molar-refractivity contribution in [3.05, 3.63) is 72.1 Å². The van der Waals surface area contributed by atoms with Crippen LogP contribution < -0.4 is 9.47 Å². The topological polar surface area (TPSA) is 61.3 Å². The molecule has 0 bridgehead atoms. The molecule has 0 N–H and O–H groups in total. The van der Waals surface area contributed by atoms with E-state index in [1.165, 1.54) is 56.9 Å². The third kappa shape index (κ3) is 9.92. The van der Waals surface area contributed by atoms with Gasteiger partial charge in [-0.25, -0.2) is 14.8 Å². The zero-order chi connectivity index (χ0) is 27.2. The lowest BCUT2D eigenvalue weighted by atomic mass is 10.00. The van der Waals surface area contributed by atoms with Gasteiger partial charge in [-0.3, -0.25) is 0 Å². The maximum atomic E-state index is 12.6. The number of nitrogens with zero attached hydrogens (tertiary/aromatic N) is 2. The smallest absolute Gasteiger partial charge is 0.343 e. The Morgan fingerprint density at radius 3 is 2.11 bits per heavy atom. The van der Waals surface area contributed by atoms with E-state index in [4.69, 9.17) is 9.47 Å². The van der Waals surface area contributed by atoms with E-state index in [0.717, 1.165) is 30.1 Å². The first-order valence-electron chi connectivity index (χ1n) is 14.4. The van der Waals surface area contributed by atoms with E-state index in [2.05, 4.69) is 37.7 Å². The Balaban J connectivity index is 1.46. The van der Waals surface area contributed by atoms with Crippen LogP contribution in [0.15, 0.2) is 60.9 Å². The van der Waals surface area contributed by atoms with Gasteiger partial charge in [0.2, 0.25) is 0 Å². The molecule has 0 spiro atoms. The van der Waals surface area contributed by atoms with E-state index in [9.17, 15) is 4.79 Å². The number of hydrogen-bond acceptors (Lipinski definition) is 5. The monoisotopic (exact) mass is 516 g/mol. The highest BCUT2D eigenvalue weighted by Crippen LogP contribution is 2.22. The first kappa shape index (κ1) is 29.3. The van der Waals surface area contributed by atoms with Crippen molar-refractivity contribution in [2.24, 2.45) is 5.92 Å². The summed E-state index contributed by atoms with van der Waals surface area (Å²) >= 11 is 0. The highest BCUT2D eigenvalue weighted by atomic mass is 16.5. The molecule has 2 aromatic carbocycles. The minimum atomic E-state index is -0.397. The SMILES string of the molecule is CCCCCCC(C)Oc1ccc(C(=O)Oc2ccc(-c3ncc(CCCCC(C)CC)cn3)cc2)cc1. The fourth-order valence-corrected chi connectivity index (χ4v) is 4.32. The second kappa shape index (κ2) is 15.9. The van der Waals surface area contributed by atoms with Crippen LogP contribution in [0, 0.1) is 5.92 Å². The van der Waals surface area contributed by atoms with Crippen LogP contribution in [-0.2, 0) is 6.42 Å². The summed E-state index contributed by atoms with van der Waals surface area (Å²) in [5.74, 6) is 2.32. The van der Waals surface area contributed by atoms with Crippen LogP contribution in [0.2, 0.25) is 0 Å². The molecule has 204 valence electrons. The van der Waals surface area contributed by atoms with E-state index < -0.39 is 5.97 Å². The standard InChI is InChI=1S/C33H44N2O3/c1-5-7-8-9-13-26(4)37-30-21-17-29(18-22-30)33(36)38-31-19-15-28(16-20-31)32-34-23-27(24-35-32)14-11-10-12-25(3)6-2/h15-26H,5-14H2,1-4H3. The predicted octanol–water partition coefficient (Wildman–Crippen LogP) is 8.86. The number of ether oxygens (including phenoxy) is 2. The van der Waals surface area contributed by atoms with Crippen LogP contribution in [0.5, 0.6) is 11.5 Å². The zero-order valence-electron chi connectivity index (χ0n) is 23.6. The lowest BCUT2D eigenvalue weighted by Crippen LogP contribution is -2.12. The Labute approximate surface area is 229 Å². The Bertz CT molecular complexity index is 1080. The molecule has 0 saturated heterocycles. The van der Waals surface area contributed by atoms with E-state index in [1.807, 2.05) is 36.7 Å². The van der Waals surface area contributed by atoms with E-state index in [0.29, 0.717) is 17.1 Å². The molecule has 0 aliphatic carbocycles. The maximum Gasteiger partial charge on any atom is 0.343 e. The van der Waals surface area contributed by atoms with Gasteiger partial charge >= 0.3 is 5.97 Å². The van der Waals surface area contributed by atoms with E-state index in [1.54, 1.807) is 24.3 Å². The average molecular weight is 517 g/mol. The number of unbranched alkanes of at least 4 members (excludes halogenated alkanes) is 4. The summed E-state index contributed by atoms with van der Waals surface area (Å²) in [4.78, 5) is 21.7. The Hall–Kier alpha value is -3.21. The lowest BCUT2D eigenvalue weighted by molar-refractivity contribution is 0.0734. The highest BCUT2D eigenvalue weighted by Gasteiger charge is 2.11. The van der Waals surface area contributed by atoms with Crippen LogP contribution in [0.25, 0.3) is 11.4 Å². The molecule has 5 heteroatoms. The first-order chi connectivity index (χ1) is 18.5. The van der Waals surface area contributed by atoms with Gasteiger partial charge in [0.25, 0.3) is 0 Å². The molecule has 1 heterocycles. The van der Waals surface area contributed by atoms with E-state index >= 15 is 0 Å². The van der Waals surface area contributed by atoms with Crippen LogP contribution in [-0.4, -0.2) is 22.0 Å². The van der Waals surface area contributed by atoms with Crippen LogP contribution >= 0.6 is 0 Å². The average Bonchev–Trinajstić information content (AvgIpc) is 2.94. The van der Waals surface area contributed by atoms with Crippen molar-refractivity contribution in [3.8, 4) is 22.9 Å². The molecule has 38 heavy (non-hydrogen) atoms. The molecule has 0 amide bonds. The Morgan fingerprint density at radius 2 is 1.45 bits per heavy atom. The highest BCUT2D eigenvalue weighted by molar-refractivity contribution is 5.91. The van der Waals surface area contributed by atoms with Crippen molar-refractivity contribution >= 4 is 5.97 Å². The Kier molecular flexibility index (Phi) is 12.3. The largest absolute Gasteiger partial charge is 0.491 e. The quantitative estimate of drug-likeness (QED) is 0.108. The van der Waals surface area contributed by atoms with Gasteiger partial charge in [-0.05, 0) is 92.6 Å². The summed E-state index contributed by atoms with van der Waals surface area (Å²) in [6, 6.07) is 14.5. The van der Waals surface area contributed by atoms with Crippen LogP contribution in [0.4, 0.5) is 0 Å². The van der Waals surface area contributed by atoms with Gasteiger partial charge < -0.3 is 9.47 Å². The second-order valence-electron chi connectivity index (χ2n) is 10.4. The Morgan fingerprint density at radius 1 is 0.789 bits per heavy atom. The molecule has 0 aliphatic rings. The molecule has 3 aromatic rings. The van der Waals surface area contributed by atoms with Crippen molar-refractivity contribution in [2.45, 2.75) is 98.0 Å². The minimum Gasteiger partial charge on any atom is -0.491 e. The summed E-state index contributed by atoms with van der Waals surface area (Å²) in [6.07, 6.45) is 15.9. The molecule has 0 aliphatic heterocycles. The third-order valence-corrected chi connectivity index (χ3v) is 7.03. The van der Waals surface area contributed by atoms with Crippen LogP contribution in [0.3, 0.4) is 0 Å². The zero-order valence-corrected chi connectivity index (χ0v) is 23.6. The van der Waals surface area contributed by atoms with Gasteiger partial charge in [0.1, 0.15) is 11.5 Å². The van der Waals surface area contributed by atoms with Crippen molar-refractivity contribution < 1.29 is 14.3 Å². The van der Waals surface area contributed by atoms with Gasteiger partial charge in [0.05, 0.1) is 11.7 Å². The molecule has 0 saturated carbocycles. The minimum absolute atomic E-state index is 0.155. The fraction of sp³-hybridized carbons (Fsp3) is 0.485. The second-order valence-corrected chi connectivity index (χ2v) is 10.4. The summed E-state index contributed by atoms with van der Waals surface area (Å²) < 4.78 is 11.5. The van der Waals surface area contributed by atoms with Crippen molar-refractivity contribution in [2.75, 3.05) is 0 Å². The first-order valence-corrected chi connectivity index (χ1v) is 14.4. The van der Waals surface area contributed by atoms with Gasteiger partial charge in [0, 0.05) is 18.0 Å². The summed E-state index contributed by atoms with van der Waals surface area (Å²) in [5, 5.41) is 0. The maximum absolute atomic E-state index is 12.6. The lowest BCUT2D eigenvalue weighted by Gasteiger charge is -2.14. The molecular formula is C33H44N2O3.